The second kappa shape index (κ2) is 8.06. The number of methoxy groups -OCH3 is 1. The standard InChI is InChI=1S/C18H28N2O2/c1-13-8-9-17(22-3)15(12-13)10-11-19-18(21)20-16-7-5-4-6-14(16)2/h8-9,12,14,16H,4-7,10-11H2,1-3H3,(H2,19,20,21)/t14-,16-/m1/s1. The lowest BCUT2D eigenvalue weighted by Gasteiger charge is -2.29. The molecule has 2 rings (SSSR count). The van der Waals surface area contributed by atoms with Crippen molar-refractivity contribution >= 4 is 6.03 Å². The zero-order valence-electron chi connectivity index (χ0n) is 13.9. The van der Waals surface area contributed by atoms with Gasteiger partial charge in [0, 0.05) is 12.6 Å². The molecule has 0 bridgehead atoms. The van der Waals surface area contributed by atoms with Gasteiger partial charge in [-0.3, -0.25) is 0 Å². The summed E-state index contributed by atoms with van der Waals surface area (Å²) in [7, 11) is 1.68. The summed E-state index contributed by atoms with van der Waals surface area (Å²) in [5, 5.41) is 6.08. The number of carbonyl (C=O) groups excluding carboxylic acids is 1. The molecule has 0 unspecified atom stereocenters. The van der Waals surface area contributed by atoms with Crippen LogP contribution >= 0.6 is 0 Å². The number of hydrogen-bond donors (Lipinski definition) is 2. The minimum absolute atomic E-state index is 0.0506. The highest BCUT2D eigenvalue weighted by Crippen LogP contribution is 2.23. The predicted molar refractivity (Wildman–Crippen MR) is 89.4 cm³/mol. The van der Waals surface area contributed by atoms with Gasteiger partial charge in [0.15, 0.2) is 0 Å². The van der Waals surface area contributed by atoms with Crippen molar-refractivity contribution in [2.75, 3.05) is 13.7 Å². The van der Waals surface area contributed by atoms with Crippen molar-refractivity contribution in [1.29, 1.82) is 0 Å². The van der Waals surface area contributed by atoms with Crippen LogP contribution in [0, 0.1) is 12.8 Å². The zero-order chi connectivity index (χ0) is 15.9. The summed E-state index contributed by atoms with van der Waals surface area (Å²) in [4.78, 5) is 12.0. The van der Waals surface area contributed by atoms with E-state index in [1.54, 1.807) is 7.11 Å². The number of benzene rings is 1. The van der Waals surface area contributed by atoms with E-state index in [0.717, 1.165) is 24.2 Å². The monoisotopic (exact) mass is 304 g/mol. The largest absolute Gasteiger partial charge is 0.496 e. The Morgan fingerprint density at radius 1 is 1.32 bits per heavy atom. The first kappa shape index (κ1) is 16.7. The summed E-state index contributed by atoms with van der Waals surface area (Å²) in [6.07, 6.45) is 5.59. The van der Waals surface area contributed by atoms with Crippen LogP contribution in [0.1, 0.15) is 43.7 Å². The zero-order valence-corrected chi connectivity index (χ0v) is 13.9. The lowest BCUT2D eigenvalue weighted by molar-refractivity contribution is 0.222. The van der Waals surface area contributed by atoms with Gasteiger partial charge in [-0.15, -0.1) is 0 Å². The molecule has 0 radical (unpaired) electrons. The summed E-state index contributed by atoms with van der Waals surface area (Å²) >= 11 is 0. The van der Waals surface area contributed by atoms with Gasteiger partial charge in [-0.05, 0) is 43.7 Å². The highest BCUT2D eigenvalue weighted by Gasteiger charge is 2.22. The Hall–Kier alpha value is -1.71. The SMILES string of the molecule is COc1ccc(C)cc1CCNC(=O)N[C@@H]1CCCC[C@H]1C. The second-order valence-electron chi connectivity index (χ2n) is 6.33. The van der Waals surface area contributed by atoms with Crippen LogP contribution in [0.2, 0.25) is 0 Å². The average molecular weight is 304 g/mol. The normalized spacial score (nSPS) is 21.2. The maximum Gasteiger partial charge on any atom is 0.315 e. The van der Waals surface area contributed by atoms with Gasteiger partial charge in [-0.2, -0.15) is 0 Å². The molecule has 1 aliphatic rings. The van der Waals surface area contributed by atoms with Crippen LogP contribution in [0.4, 0.5) is 4.79 Å². The maximum atomic E-state index is 12.0. The van der Waals surface area contributed by atoms with Crippen LogP contribution in [0.25, 0.3) is 0 Å². The molecular formula is C18H28N2O2. The van der Waals surface area contributed by atoms with E-state index in [1.807, 2.05) is 12.1 Å². The molecule has 22 heavy (non-hydrogen) atoms. The van der Waals surface area contributed by atoms with Crippen molar-refractivity contribution in [2.24, 2.45) is 5.92 Å². The number of ether oxygens (including phenoxy) is 1. The van der Waals surface area contributed by atoms with Crippen molar-refractivity contribution in [3.05, 3.63) is 29.3 Å². The smallest absolute Gasteiger partial charge is 0.315 e. The van der Waals surface area contributed by atoms with E-state index >= 15 is 0 Å². The maximum absolute atomic E-state index is 12.0. The molecule has 2 N–H and O–H groups in total. The van der Waals surface area contributed by atoms with E-state index < -0.39 is 0 Å². The quantitative estimate of drug-likeness (QED) is 0.875. The van der Waals surface area contributed by atoms with E-state index in [9.17, 15) is 4.79 Å². The number of nitrogens with one attached hydrogen (secondary N) is 2. The van der Waals surface area contributed by atoms with Crippen molar-refractivity contribution in [3.8, 4) is 5.75 Å². The van der Waals surface area contributed by atoms with Gasteiger partial charge in [0.2, 0.25) is 0 Å². The predicted octanol–water partition coefficient (Wildman–Crippen LogP) is 3.42. The van der Waals surface area contributed by atoms with Gasteiger partial charge in [0.1, 0.15) is 5.75 Å². The molecule has 4 nitrogen and oxygen atoms in total. The van der Waals surface area contributed by atoms with Crippen LogP contribution in [-0.4, -0.2) is 25.7 Å². The summed E-state index contributed by atoms with van der Waals surface area (Å²) < 4.78 is 5.37. The molecule has 1 aromatic rings. The van der Waals surface area contributed by atoms with E-state index in [-0.39, 0.29) is 6.03 Å². The van der Waals surface area contributed by atoms with Crippen LogP contribution in [0.15, 0.2) is 18.2 Å². The third kappa shape index (κ3) is 4.65. The Balaban J connectivity index is 1.78. The average Bonchev–Trinajstić information content (AvgIpc) is 2.50. The number of carbonyl (C=O) groups is 1. The van der Waals surface area contributed by atoms with E-state index in [2.05, 4.69) is 30.5 Å². The fourth-order valence-electron chi connectivity index (χ4n) is 3.16. The second-order valence-corrected chi connectivity index (χ2v) is 6.33. The van der Waals surface area contributed by atoms with Crippen LogP contribution in [0.3, 0.4) is 0 Å². The minimum atomic E-state index is -0.0506. The highest BCUT2D eigenvalue weighted by atomic mass is 16.5. The molecule has 2 atom stereocenters. The third-order valence-electron chi connectivity index (χ3n) is 4.54. The first-order valence-corrected chi connectivity index (χ1v) is 8.28. The van der Waals surface area contributed by atoms with Gasteiger partial charge in [-0.1, -0.05) is 37.5 Å². The molecule has 0 heterocycles. The molecule has 0 saturated heterocycles. The Morgan fingerprint density at radius 3 is 2.82 bits per heavy atom. The van der Waals surface area contributed by atoms with Crippen molar-refractivity contribution in [3.63, 3.8) is 0 Å². The topological polar surface area (TPSA) is 50.4 Å². The van der Waals surface area contributed by atoms with Crippen LogP contribution in [0.5, 0.6) is 5.75 Å². The van der Waals surface area contributed by atoms with E-state index in [4.69, 9.17) is 4.74 Å². The van der Waals surface area contributed by atoms with Gasteiger partial charge < -0.3 is 15.4 Å². The molecule has 1 aliphatic carbocycles. The highest BCUT2D eigenvalue weighted by molar-refractivity contribution is 5.74. The van der Waals surface area contributed by atoms with Gasteiger partial charge in [-0.25, -0.2) is 4.79 Å². The van der Waals surface area contributed by atoms with Crippen LogP contribution in [-0.2, 0) is 6.42 Å². The molecule has 0 aromatic heterocycles. The number of hydrogen-bond acceptors (Lipinski definition) is 2. The minimum Gasteiger partial charge on any atom is -0.496 e. The van der Waals surface area contributed by atoms with Crippen LogP contribution < -0.4 is 15.4 Å². The van der Waals surface area contributed by atoms with Gasteiger partial charge in [0.25, 0.3) is 0 Å². The Kier molecular flexibility index (Phi) is 6.10. The molecular weight excluding hydrogens is 276 g/mol. The summed E-state index contributed by atoms with van der Waals surface area (Å²) in [6, 6.07) is 6.40. The fourth-order valence-corrected chi connectivity index (χ4v) is 3.16. The van der Waals surface area contributed by atoms with E-state index in [0.29, 0.717) is 18.5 Å². The molecule has 122 valence electrons. The molecule has 1 aromatic carbocycles. The molecule has 4 heteroatoms. The molecule has 0 spiro atoms. The summed E-state index contributed by atoms with van der Waals surface area (Å²) in [5.41, 5.74) is 2.34. The lowest BCUT2D eigenvalue weighted by Crippen LogP contribution is -2.46. The van der Waals surface area contributed by atoms with Gasteiger partial charge in [0.05, 0.1) is 7.11 Å². The number of urea groups is 1. The van der Waals surface area contributed by atoms with Crippen molar-refractivity contribution in [2.45, 2.75) is 52.0 Å². The van der Waals surface area contributed by atoms with Crippen molar-refractivity contribution in [1.82, 2.24) is 10.6 Å². The summed E-state index contributed by atoms with van der Waals surface area (Å²) in [6.45, 7) is 4.90. The Morgan fingerprint density at radius 2 is 2.09 bits per heavy atom. The van der Waals surface area contributed by atoms with Crippen molar-refractivity contribution < 1.29 is 9.53 Å². The fraction of sp³-hybridized carbons (Fsp3) is 0.611. The number of amides is 2. The Bertz CT molecular complexity index is 502. The molecule has 1 fully saturated rings. The number of rotatable bonds is 5. The Labute approximate surface area is 133 Å². The first-order valence-electron chi connectivity index (χ1n) is 8.28. The lowest BCUT2D eigenvalue weighted by atomic mass is 9.86. The van der Waals surface area contributed by atoms with E-state index in [1.165, 1.54) is 24.8 Å². The first-order chi connectivity index (χ1) is 10.6. The number of aryl methyl sites for hydroxylation is 1. The molecule has 0 aliphatic heterocycles. The van der Waals surface area contributed by atoms with Gasteiger partial charge >= 0.3 is 6.03 Å². The molecule has 2 amide bonds. The third-order valence-corrected chi connectivity index (χ3v) is 4.54. The summed E-state index contributed by atoms with van der Waals surface area (Å²) in [5.74, 6) is 1.46. The molecule has 1 saturated carbocycles.